The van der Waals surface area contributed by atoms with E-state index in [1.807, 2.05) is 0 Å². The number of amides is 1. The van der Waals surface area contributed by atoms with Crippen LogP contribution in [0.25, 0.3) is 0 Å². The molecule has 1 N–H and O–H groups in total. The Labute approximate surface area is 170 Å². The number of benzene rings is 2. The first-order valence-corrected chi connectivity index (χ1v) is 11.0. The molecule has 1 heterocycles. The molecule has 1 fully saturated rings. The summed E-state index contributed by atoms with van der Waals surface area (Å²) in [4.78, 5) is 12.6. The van der Waals surface area contributed by atoms with Crippen molar-refractivity contribution in [2.24, 2.45) is 0 Å². The van der Waals surface area contributed by atoms with Gasteiger partial charge >= 0.3 is 0 Å². The van der Waals surface area contributed by atoms with Gasteiger partial charge in [-0.15, -0.1) is 0 Å². The van der Waals surface area contributed by atoms with Crippen molar-refractivity contribution in [1.82, 2.24) is 4.31 Å². The van der Waals surface area contributed by atoms with Gasteiger partial charge in [-0.1, -0.05) is 18.0 Å². The van der Waals surface area contributed by atoms with Crippen LogP contribution in [0.2, 0.25) is 5.02 Å². The summed E-state index contributed by atoms with van der Waals surface area (Å²) in [5.74, 6) is 0.205. The highest BCUT2D eigenvalue weighted by atomic mass is 35.5. The van der Waals surface area contributed by atoms with Gasteiger partial charge in [0.2, 0.25) is 10.0 Å². The molecule has 8 heteroatoms. The SMILES string of the molecule is C[C@H](Oc1ccc(Cl)cc1)C(=O)Nc1ccc(S(=O)(=O)N2CCCCC2)cc1. The maximum absolute atomic E-state index is 12.7. The van der Waals surface area contributed by atoms with Crippen molar-refractivity contribution < 1.29 is 17.9 Å². The minimum atomic E-state index is -3.48. The molecule has 1 amide bonds. The summed E-state index contributed by atoms with van der Waals surface area (Å²) < 4.78 is 32.4. The van der Waals surface area contributed by atoms with Gasteiger partial charge in [0.25, 0.3) is 5.91 Å². The maximum atomic E-state index is 12.7. The quantitative estimate of drug-likeness (QED) is 0.765. The van der Waals surface area contributed by atoms with Crippen molar-refractivity contribution >= 4 is 33.2 Å². The van der Waals surface area contributed by atoms with E-state index in [4.69, 9.17) is 16.3 Å². The van der Waals surface area contributed by atoms with E-state index >= 15 is 0 Å². The number of piperidine rings is 1. The molecule has 1 saturated heterocycles. The van der Waals surface area contributed by atoms with Gasteiger partial charge in [-0.3, -0.25) is 4.79 Å². The van der Waals surface area contributed by atoms with Crippen LogP contribution in [0, 0.1) is 0 Å². The second kappa shape index (κ2) is 8.94. The summed E-state index contributed by atoms with van der Waals surface area (Å²) in [5, 5.41) is 3.32. The fourth-order valence-corrected chi connectivity index (χ4v) is 4.62. The van der Waals surface area contributed by atoms with Crippen LogP contribution in [0.5, 0.6) is 5.75 Å². The number of nitrogens with zero attached hydrogens (tertiary/aromatic N) is 1. The Balaban J connectivity index is 1.61. The summed E-state index contributed by atoms with van der Waals surface area (Å²) in [5.41, 5.74) is 0.508. The summed E-state index contributed by atoms with van der Waals surface area (Å²) in [6, 6.07) is 13.0. The molecule has 150 valence electrons. The Hall–Kier alpha value is -2.09. The molecule has 0 unspecified atom stereocenters. The molecule has 28 heavy (non-hydrogen) atoms. The number of hydrogen-bond donors (Lipinski definition) is 1. The van der Waals surface area contributed by atoms with Gasteiger partial charge in [0, 0.05) is 23.8 Å². The first-order valence-electron chi connectivity index (χ1n) is 9.19. The van der Waals surface area contributed by atoms with E-state index in [2.05, 4.69) is 5.32 Å². The number of halogens is 1. The van der Waals surface area contributed by atoms with Crippen LogP contribution in [0.3, 0.4) is 0 Å². The average Bonchev–Trinajstić information content (AvgIpc) is 2.70. The Kier molecular flexibility index (Phi) is 6.59. The zero-order chi connectivity index (χ0) is 20.1. The van der Waals surface area contributed by atoms with Crippen molar-refractivity contribution in [2.45, 2.75) is 37.2 Å². The molecular weight excluding hydrogens is 400 g/mol. The Bertz CT molecular complexity index is 908. The van der Waals surface area contributed by atoms with Gasteiger partial charge in [0.05, 0.1) is 4.90 Å². The lowest BCUT2D eigenvalue weighted by Crippen LogP contribution is -2.35. The highest BCUT2D eigenvalue weighted by Gasteiger charge is 2.25. The van der Waals surface area contributed by atoms with Gasteiger partial charge in [0.1, 0.15) is 5.75 Å². The fraction of sp³-hybridized carbons (Fsp3) is 0.350. The lowest BCUT2D eigenvalue weighted by atomic mass is 10.2. The molecule has 3 rings (SSSR count). The Morgan fingerprint density at radius 2 is 1.64 bits per heavy atom. The van der Waals surface area contributed by atoms with Crippen LogP contribution in [0.15, 0.2) is 53.4 Å². The van der Waals surface area contributed by atoms with Crippen LogP contribution in [-0.2, 0) is 14.8 Å². The third-order valence-electron chi connectivity index (χ3n) is 4.57. The van der Waals surface area contributed by atoms with Crippen LogP contribution in [0.1, 0.15) is 26.2 Å². The van der Waals surface area contributed by atoms with Crippen LogP contribution in [0.4, 0.5) is 5.69 Å². The summed E-state index contributed by atoms with van der Waals surface area (Å²) in [7, 11) is -3.48. The van der Waals surface area contributed by atoms with Crippen molar-refractivity contribution in [3.63, 3.8) is 0 Å². The number of carbonyl (C=O) groups is 1. The van der Waals surface area contributed by atoms with Crippen LogP contribution < -0.4 is 10.1 Å². The molecule has 0 bridgehead atoms. The molecule has 1 atom stereocenters. The number of ether oxygens (including phenoxy) is 1. The standard InChI is InChI=1S/C20H23ClN2O4S/c1-15(27-18-9-5-16(21)6-10-18)20(24)22-17-7-11-19(12-8-17)28(25,26)23-13-3-2-4-14-23/h5-12,15H,2-4,13-14H2,1H3,(H,22,24)/t15-/m0/s1. The third kappa shape index (κ3) is 5.04. The predicted octanol–water partition coefficient (Wildman–Crippen LogP) is 3.92. The van der Waals surface area contributed by atoms with Gasteiger partial charge in [-0.05, 0) is 68.3 Å². The average molecular weight is 423 g/mol. The molecular formula is C20H23ClN2O4S. The number of sulfonamides is 1. The molecule has 0 radical (unpaired) electrons. The summed E-state index contributed by atoms with van der Waals surface area (Å²) >= 11 is 5.83. The molecule has 1 aliphatic heterocycles. The molecule has 0 aliphatic carbocycles. The number of carbonyl (C=O) groups excluding carboxylic acids is 1. The number of anilines is 1. The number of rotatable bonds is 6. The first-order chi connectivity index (χ1) is 13.4. The van der Waals surface area contributed by atoms with E-state index in [1.54, 1.807) is 43.3 Å². The van der Waals surface area contributed by atoms with Crippen molar-refractivity contribution in [2.75, 3.05) is 18.4 Å². The van der Waals surface area contributed by atoms with Crippen LogP contribution >= 0.6 is 11.6 Å². The second-order valence-corrected chi connectivity index (χ2v) is 9.07. The van der Waals surface area contributed by atoms with Crippen molar-refractivity contribution in [1.29, 1.82) is 0 Å². The molecule has 0 spiro atoms. The molecule has 0 saturated carbocycles. The summed E-state index contributed by atoms with van der Waals surface area (Å²) in [6.07, 6.45) is 2.11. The minimum absolute atomic E-state index is 0.234. The molecule has 1 aliphatic rings. The smallest absolute Gasteiger partial charge is 0.265 e. The molecule has 2 aromatic carbocycles. The van der Waals surface area contributed by atoms with E-state index in [-0.39, 0.29) is 10.8 Å². The minimum Gasteiger partial charge on any atom is -0.481 e. The van der Waals surface area contributed by atoms with E-state index in [1.165, 1.54) is 16.4 Å². The lowest BCUT2D eigenvalue weighted by Gasteiger charge is -2.25. The Morgan fingerprint density at radius 3 is 2.25 bits per heavy atom. The van der Waals surface area contributed by atoms with Gasteiger partial charge < -0.3 is 10.1 Å². The molecule has 0 aromatic heterocycles. The zero-order valence-corrected chi connectivity index (χ0v) is 17.2. The third-order valence-corrected chi connectivity index (χ3v) is 6.74. The summed E-state index contributed by atoms with van der Waals surface area (Å²) in [6.45, 7) is 2.75. The van der Waals surface area contributed by atoms with Gasteiger partial charge in [0.15, 0.2) is 6.10 Å². The van der Waals surface area contributed by atoms with Crippen molar-refractivity contribution in [3.05, 3.63) is 53.6 Å². The first kappa shape index (κ1) is 20.6. The largest absolute Gasteiger partial charge is 0.481 e. The molecule has 2 aromatic rings. The van der Waals surface area contributed by atoms with E-state index in [0.29, 0.717) is 29.5 Å². The highest BCUT2D eigenvalue weighted by Crippen LogP contribution is 2.22. The molecule has 6 nitrogen and oxygen atoms in total. The monoisotopic (exact) mass is 422 g/mol. The van der Waals surface area contributed by atoms with Crippen LogP contribution in [-0.4, -0.2) is 37.8 Å². The van der Waals surface area contributed by atoms with E-state index in [9.17, 15) is 13.2 Å². The lowest BCUT2D eigenvalue weighted by molar-refractivity contribution is -0.122. The maximum Gasteiger partial charge on any atom is 0.265 e. The second-order valence-electron chi connectivity index (χ2n) is 6.69. The van der Waals surface area contributed by atoms with E-state index < -0.39 is 16.1 Å². The van der Waals surface area contributed by atoms with Crippen molar-refractivity contribution in [3.8, 4) is 5.75 Å². The topological polar surface area (TPSA) is 75.7 Å². The van der Waals surface area contributed by atoms with Gasteiger partial charge in [-0.2, -0.15) is 4.31 Å². The predicted molar refractivity (Wildman–Crippen MR) is 109 cm³/mol. The van der Waals surface area contributed by atoms with E-state index in [0.717, 1.165) is 19.3 Å². The Morgan fingerprint density at radius 1 is 1.04 bits per heavy atom. The zero-order valence-electron chi connectivity index (χ0n) is 15.6. The fourth-order valence-electron chi connectivity index (χ4n) is 2.98. The highest BCUT2D eigenvalue weighted by molar-refractivity contribution is 7.89. The number of hydrogen-bond acceptors (Lipinski definition) is 4. The number of nitrogens with one attached hydrogen (secondary N) is 1. The normalized spacial score (nSPS) is 16.4. The van der Waals surface area contributed by atoms with Gasteiger partial charge in [-0.25, -0.2) is 8.42 Å².